The Kier molecular flexibility index (Phi) is 8.98. The van der Waals surface area contributed by atoms with Crippen molar-refractivity contribution in [2.75, 3.05) is 0 Å². The number of hydrogen-bond donors (Lipinski definition) is 0. The van der Waals surface area contributed by atoms with Gasteiger partial charge in [-0.3, -0.25) is 0 Å². The van der Waals surface area contributed by atoms with Gasteiger partial charge in [-0.1, -0.05) is 119 Å². The van der Waals surface area contributed by atoms with Crippen LogP contribution < -0.4 is 0 Å². The summed E-state index contributed by atoms with van der Waals surface area (Å²) < 4.78 is 5.65. The van der Waals surface area contributed by atoms with Crippen LogP contribution in [0.1, 0.15) is 39.7 Å². The molecule has 0 N–H and O–H groups in total. The highest BCUT2D eigenvalue weighted by atomic mass is 16.3. The number of furan rings is 1. The summed E-state index contributed by atoms with van der Waals surface area (Å²) in [7, 11) is 0. The summed E-state index contributed by atoms with van der Waals surface area (Å²) in [6.07, 6.45) is 1.25. The zero-order valence-corrected chi connectivity index (χ0v) is 18.3. The topological polar surface area (TPSA) is 13.1 Å². The molecule has 1 aromatic heterocycles. The maximum atomic E-state index is 5.65. The maximum Gasteiger partial charge on any atom is 0.135 e. The van der Waals surface area contributed by atoms with Gasteiger partial charge < -0.3 is 4.42 Å². The standard InChI is InChI=1S/C12H8O.C11H10.C3H8.C2H6/c1-3-7-11-9(5-1)10-6-2-4-8-12(10)13-11;1-9-6-7-10-4-2-3-5-11(10)8-9;1-3-2;1-2/h1-8H;2-8H,1H3;3H2,1-2H3;1-2H3. The van der Waals surface area contributed by atoms with Crippen LogP contribution in [-0.4, -0.2) is 0 Å². The summed E-state index contributed by atoms with van der Waals surface area (Å²) >= 11 is 0. The summed E-state index contributed by atoms with van der Waals surface area (Å²) in [4.78, 5) is 0. The van der Waals surface area contributed by atoms with Crippen LogP contribution in [0.15, 0.2) is 95.4 Å². The summed E-state index contributed by atoms with van der Waals surface area (Å²) in [6.45, 7) is 10.4. The number of para-hydroxylation sites is 2. The van der Waals surface area contributed by atoms with Crippen molar-refractivity contribution in [3.63, 3.8) is 0 Å². The Morgan fingerprint density at radius 2 is 1.03 bits per heavy atom. The van der Waals surface area contributed by atoms with Crippen molar-refractivity contribution in [2.24, 2.45) is 0 Å². The van der Waals surface area contributed by atoms with Gasteiger partial charge in [0.05, 0.1) is 0 Å². The molecule has 29 heavy (non-hydrogen) atoms. The first-order chi connectivity index (χ1) is 14.2. The van der Waals surface area contributed by atoms with Crippen LogP contribution >= 0.6 is 0 Å². The van der Waals surface area contributed by atoms with Gasteiger partial charge in [-0.25, -0.2) is 0 Å². The Bertz CT molecular complexity index is 1080. The lowest BCUT2D eigenvalue weighted by Gasteiger charge is -1.96. The van der Waals surface area contributed by atoms with E-state index in [1.54, 1.807) is 0 Å². The smallest absolute Gasteiger partial charge is 0.135 e. The van der Waals surface area contributed by atoms with E-state index >= 15 is 0 Å². The van der Waals surface area contributed by atoms with Crippen molar-refractivity contribution in [3.8, 4) is 0 Å². The average molecular weight is 385 g/mol. The third kappa shape index (κ3) is 5.96. The molecule has 0 saturated heterocycles. The van der Waals surface area contributed by atoms with Crippen molar-refractivity contribution in [1.82, 2.24) is 0 Å². The van der Waals surface area contributed by atoms with Gasteiger partial charge in [-0.05, 0) is 29.8 Å². The molecule has 1 nitrogen and oxygen atoms in total. The molecule has 5 aromatic rings. The predicted molar refractivity (Wildman–Crippen MR) is 130 cm³/mol. The molecule has 0 aliphatic rings. The molecule has 0 spiro atoms. The first-order valence-electron chi connectivity index (χ1n) is 10.5. The fourth-order valence-corrected chi connectivity index (χ4v) is 2.98. The van der Waals surface area contributed by atoms with Gasteiger partial charge in [0.1, 0.15) is 11.2 Å². The Labute approximate surface area is 175 Å². The molecule has 0 saturated carbocycles. The summed E-state index contributed by atoms with van der Waals surface area (Å²) in [5, 5.41) is 5.03. The van der Waals surface area contributed by atoms with Gasteiger partial charge in [-0.15, -0.1) is 0 Å². The van der Waals surface area contributed by atoms with Gasteiger partial charge >= 0.3 is 0 Å². The molecule has 1 heteroatoms. The molecule has 1 heterocycles. The molecule has 0 atom stereocenters. The van der Waals surface area contributed by atoms with E-state index < -0.39 is 0 Å². The molecule has 4 aromatic carbocycles. The SMILES string of the molecule is CC.CCC.Cc1ccc2ccccc2c1.c1ccc2c(c1)oc1ccccc12. The molecular formula is C28H32O. The Morgan fingerprint density at radius 1 is 0.586 bits per heavy atom. The molecule has 0 unspecified atom stereocenters. The molecule has 0 bridgehead atoms. The van der Waals surface area contributed by atoms with Crippen LogP contribution in [0.3, 0.4) is 0 Å². The minimum Gasteiger partial charge on any atom is -0.456 e. The lowest BCUT2D eigenvalue weighted by molar-refractivity contribution is 0.669. The van der Waals surface area contributed by atoms with Crippen molar-refractivity contribution in [3.05, 3.63) is 96.6 Å². The van der Waals surface area contributed by atoms with Gasteiger partial charge in [0.15, 0.2) is 0 Å². The second-order valence-corrected chi connectivity index (χ2v) is 6.65. The molecule has 0 aliphatic heterocycles. The van der Waals surface area contributed by atoms with Gasteiger partial charge in [0.25, 0.3) is 0 Å². The Morgan fingerprint density at radius 3 is 1.59 bits per heavy atom. The van der Waals surface area contributed by atoms with E-state index in [1.807, 2.05) is 50.2 Å². The number of hydrogen-bond acceptors (Lipinski definition) is 1. The first-order valence-corrected chi connectivity index (χ1v) is 10.5. The lowest BCUT2D eigenvalue weighted by atomic mass is 10.1. The number of aryl methyl sites for hydroxylation is 1. The second-order valence-electron chi connectivity index (χ2n) is 6.65. The minimum atomic E-state index is 0.962. The number of rotatable bonds is 0. The van der Waals surface area contributed by atoms with Crippen LogP contribution in [0.2, 0.25) is 0 Å². The Balaban J connectivity index is 0.000000172. The zero-order valence-electron chi connectivity index (χ0n) is 18.3. The van der Waals surface area contributed by atoms with E-state index in [2.05, 4.69) is 75.4 Å². The fraction of sp³-hybridized carbons (Fsp3) is 0.214. The van der Waals surface area contributed by atoms with E-state index in [4.69, 9.17) is 4.42 Å². The fourth-order valence-electron chi connectivity index (χ4n) is 2.98. The number of benzene rings is 4. The van der Waals surface area contributed by atoms with Gasteiger partial charge in [0.2, 0.25) is 0 Å². The van der Waals surface area contributed by atoms with Crippen LogP contribution in [0, 0.1) is 6.92 Å². The molecule has 5 rings (SSSR count). The quantitative estimate of drug-likeness (QED) is 0.259. The van der Waals surface area contributed by atoms with Crippen LogP contribution in [0.4, 0.5) is 0 Å². The highest BCUT2D eigenvalue weighted by Gasteiger charge is 2.03. The average Bonchev–Trinajstić information content (AvgIpc) is 3.15. The third-order valence-corrected chi connectivity index (χ3v) is 4.19. The molecule has 150 valence electrons. The van der Waals surface area contributed by atoms with Crippen LogP contribution in [0.5, 0.6) is 0 Å². The van der Waals surface area contributed by atoms with Crippen molar-refractivity contribution in [2.45, 2.75) is 41.0 Å². The van der Waals surface area contributed by atoms with Crippen molar-refractivity contribution in [1.29, 1.82) is 0 Å². The van der Waals surface area contributed by atoms with Crippen LogP contribution in [0.25, 0.3) is 32.7 Å². The Hall–Kier alpha value is -3.06. The normalized spacial score (nSPS) is 9.69. The predicted octanol–water partition coefficient (Wildman–Crippen LogP) is 9.18. The summed E-state index contributed by atoms with van der Waals surface area (Å²) in [6, 6.07) is 31.1. The van der Waals surface area contributed by atoms with Gasteiger partial charge in [0, 0.05) is 10.8 Å². The van der Waals surface area contributed by atoms with Crippen LogP contribution in [-0.2, 0) is 0 Å². The highest BCUT2D eigenvalue weighted by Crippen LogP contribution is 2.27. The molecule has 0 fully saturated rings. The second kappa shape index (κ2) is 11.7. The molecule has 0 aliphatic carbocycles. The summed E-state index contributed by atoms with van der Waals surface area (Å²) in [5.41, 5.74) is 3.25. The lowest BCUT2D eigenvalue weighted by Crippen LogP contribution is -1.73. The van der Waals surface area contributed by atoms with Gasteiger partial charge in [-0.2, -0.15) is 0 Å². The van der Waals surface area contributed by atoms with E-state index in [0.717, 1.165) is 11.2 Å². The van der Waals surface area contributed by atoms with E-state index in [-0.39, 0.29) is 0 Å². The van der Waals surface area contributed by atoms with Crippen molar-refractivity contribution < 1.29 is 4.42 Å². The largest absolute Gasteiger partial charge is 0.456 e. The molecule has 0 amide bonds. The summed E-state index contributed by atoms with van der Waals surface area (Å²) in [5.74, 6) is 0. The molecular weight excluding hydrogens is 352 g/mol. The highest BCUT2D eigenvalue weighted by molar-refractivity contribution is 6.04. The minimum absolute atomic E-state index is 0.962. The first kappa shape index (κ1) is 22.2. The number of fused-ring (bicyclic) bond motifs is 4. The van der Waals surface area contributed by atoms with E-state index in [9.17, 15) is 0 Å². The van der Waals surface area contributed by atoms with Crippen molar-refractivity contribution >= 4 is 32.7 Å². The van der Waals surface area contributed by atoms with E-state index in [0.29, 0.717) is 0 Å². The van der Waals surface area contributed by atoms with E-state index in [1.165, 1.54) is 33.5 Å². The zero-order chi connectivity index (χ0) is 21.1. The molecule has 0 radical (unpaired) electrons. The monoisotopic (exact) mass is 384 g/mol. The maximum absolute atomic E-state index is 5.65. The third-order valence-electron chi connectivity index (χ3n) is 4.19.